The van der Waals surface area contributed by atoms with Gasteiger partial charge in [0.05, 0.1) is 0 Å². The summed E-state index contributed by atoms with van der Waals surface area (Å²) in [5.74, 6) is 0. The van der Waals surface area contributed by atoms with E-state index in [1.165, 1.54) is 25.8 Å². The maximum absolute atomic E-state index is 3.46. The fraction of sp³-hybridized carbons (Fsp3) is 1.00. The zero-order valence-electron chi connectivity index (χ0n) is 7.83. The van der Waals surface area contributed by atoms with E-state index in [9.17, 15) is 0 Å². The molecular weight excluding hydrogens is 122 g/mol. The van der Waals surface area contributed by atoms with Crippen molar-refractivity contribution in [2.75, 3.05) is 6.54 Å². The second-order valence-electron chi connectivity index (χ2n) is 2.66. The third-order valence-electron chi connectivity index (χ3n) is 2.46. The van der Waals surface area contributed by atoms with Crippen LogP contribution in [0, 0.1) is 0 Å². The van der Waals surface area contributed by atoms with Crippen LogP contribution in [-0.4, -0.2) is 12.1 Å². The first-order chi connectivity index (χ1) is 4.83. The summed E-state index contributed by atoms with van der Waals surface area (Å²) in [6, 6.07) is 0. The summed E-state index contributed by atoms with van der Waals surface area (Å²) in [7, 11) is 0. The molecule has 1 nitrogen and oxygen atoms in total. The number of rotatable bonds is 2. The van der Waals surface area contributed by atoms with Crippen LogP contribution < -0.4 is 5.32 Å². The molecule has 1 heterocycles. The molecule has 0 atom stereocenters. The van der Waals surface area contributed by atoms with Gasteiger partial charge >= 0.3 is 0 Å². The maximum atomic E-state index is 3.46. The lowest BCUT2D eigenvalue weighted by molar-refractivity contribution is 0.192. The molecule has 1 rings (SSSR count). The van der Waals surface area contributed by atoms with E-state index >= 15 is 0 Å². The molecule has 62 valence electrons. The molecule has 0 aromatic heterocycles. The SMILES string of the molecule is CC.CCC1(CC)CCN1. The lowest BCUT2D eigenvalue weighted by Gasteiger charge is -2.42. The van der Waals surface area contributed by atoms with Crippen molar-refractivity contribution in [2.24, 2.45) is 0 Å². The van der Waals surface area contributed by atoms with E-state index in [0.717, 1.165) is 0 Å². The third kappa shape index (κ3) is 1.98. The van der Waals surface area contributed by atoms with E-state index in [1.54, 1.807) is 0 Å². The van der Waals surface area contributed by atoms with Crippen molar-refractivity contribution in [1.29, 1.82) is 0 Å². The summed E-state index contributed by atoms with van der Waals surface area (Å²) >= 11 is 0. The van der Waals surface area contributed by atoms with Crippen molar-refractivity contribution >= 4 is 0 Å². The van der Waals surface area contributed by atoms with Gasteiger partial charge in [-0.25, -0.2) is 0 Å². The van der Waals surface area contributed by atoms with E-state index in [-0.39, 0.29) is 0 Å². The monoisotopic (exact) mass is 143 g/mol. The van der Waals surface area contributed by atoms with Gasteiger partial charge in [0.25, 0.3) is 0 Å². The minimum Gasteiger partial charge on any atom is -0.311 e. The van der Waals surface area contributed by atoms with Crippen LogP contribution in [0.25, 0.3) is 0 Å². The van der Waals surface area contributed by atoms with Gasteiger partial charge in [-0.15, -0.1) is 0 Å². The Morgan fingerprint density at radius 3 is 1.60 bits per heavy atom. The Morgan fingerprint density at radius 1 is 1.20 bits per heavy atom. The normalized spacial score (nSPS) is 20.4. The molecule has 0 aromatic carbocycles. The highest BCUT2D eigenvalue weighted by atomic mass is 15.0. The molecule has 1 saturated heterocycles. The molecule has 1 heteroatoms. The molecule has 0 aliphatic carbocycles. The van der Waals surface area contributed by atoms with Gasteiger partial charge in [0.1, 0.15) is 0 Å². The van der Waals surface area contributed by atoms with Crippen LogP contribution >= 0.6 is 0 Å². The molecule has 1 aliphatic heterocycles. The molecule has 0 unspecified atom stereocenters. The van der Waals surface area contributed by atoms with E-state index in [2.05, 4.69) is 19.2 Å². The first kappa shape index (κ1) is 9.96. The second-order valence-corrected chi connectivity index (χ2v) is 2.66. The van der Waals surface area contributed by atoms with Crippen LogP contribution in [-0.2, 0) is 0 Å². The number of nitrogens with one attached hydrogen (secondary N) is 1. The number of hydrogen-bond acceptors (Lipinski definition) is 1. The summed E-state index contributed by atoms with van der Waals surface area (Å²) in [6.45, 7) is 9.76. The Hall–Kier alpha value is -0.0400. The average molecular weight is 143 g/mol. The fourth-order valence-corrected chi connectivity index (χ4v) is 1.33. The van der Waals surface area contributed by atoms with E-state index in [4.69, 9.17) is 0 Å². The topological polar surface area (TPSA) is 12.0 Å². The third-order valence-corrected chi connectivity index (χ3v) is 2.46. The number of hydrogen-bond donors (Lipinski definition) is 1. The van der Waals surface area contributed by atoms with Crippen LogP contribution in [0.1, 0.15) is 47.0 Å². The molecule has 0 aromatic rings. The summed E-state index contributed by atoms with van der Waals surface area (Å²) in [6.07, 6.45) is 3.98. The molecule has 1 N–H and O–H groups in total. The lowest BCUT2D eigenvalue weighted by Crippen LogP contribution is -2.55. The predicted octanol–water partition coefficient (Wildman–Crippen LogP) is 2.56. The van der Waals surface area contributed by atoms with Crippen LogP contribution in [0.5, 0.6) is 0 Å². The molecule has 1 fully saturated rings. The van der Waals surface area contributed by atoms with Gasteiger partial charge in [-0.2, -0.15) is 0 Å². The largest absolute Gasteiger partial charge is 0.311 e. The minimum absolute atomic E-state index is 0.556. The van der Waals surface area contributed by atoms with Crippen molar-refractivity contribution in [1.82, 2.24) is 5.32 Å². The van der Waals surface area contributed by atoms with Crippen molar-refractivity contribution in [3.05, 3.63) is 0 Å². The standard InChI is InChI=1S/C7H15N.C2H6/c1-3-7(4-2)5-6-8-7;1-2/h8H,3-6H2,1-2H3;1-2H3. The Balaban J connectivity index is 0.000000371. The Labute approximate surface area is 65.2 Å². The van der Waals surface area contributed by atoms with Gasteiger partial charge in [0, 0.05) is 5.54 Å². The molecule has 0 amide bonds. The molecular formula is C9H21N. The van der Waals surface area contributed by atoms with Crippen molar-refractivity contribution in [3.63, 3.8) is 0 Å². The lowest BCUT2D eigenvalue weighted by atomic mass is 9.83. The molecule has 1 aliphatic rings. The Bertz CT molecular complexity index is 61.3. The van der Waals surface area contributed by atoms with Crippen LogP contribution in [0.15, 0.2) is 0 Å². The summed E-state index contributed by atoms with van der Waals surface area (Å²) in [4.78, 5) is 0. The van der Waals surface area contributed by atoms with E-state index in [0.29, 0.717) is 5.54 Å². The fourth-order valence-electron chi connectivity index (χ4n) is 1.33. The van der Waals surface area contributed by atoms with Crippen molar-refractivity contribution in [3.8, 4) is 0 Å². The Kier molecular flexibility index (Phi) is 4.71. The van der Waals surface area contributed by atoms with Gasteiger partial charge in [0.15, 0.2) is 0 Å². The van der Waals surface area contributed by atoms with Crippen molar-refractivity contribution < 1.29 is 0 Å². The van der Waals surface area contributed by atoms with Crippen LogP contribution in [0.4, 0.5) is 0 Å². The summed E-state index contributed by atoms with van der Waals surface area (Å²) in [5, 5.41) is 3.46. The van der Waals surface area contributed by atoms with Gasteiger partial charge in [-0.05, 0) is 25.8 Å². The smallest absolute Gasteiger partial charge is 0.0188 e. The van der Waals surface area contributed by atoms with Gasteiger partial charge in [-0.3, -0.25) is 0 Å². The zero-order valence-corrected chi connectivity index (χ0v) is 7.83. The predicted molar refractivity (Wildman–Crippen MR) is 47.3 cm³/mol. The van der Waals surface area contributed by atoms with E-state index < -0.39 is 0 Å². The average Bonchev–Trinajstić information content (AvgIpc) is 1.93. The van der Waals surface area contributed by atoms with Gasteiger partial charge < -0.3 is 5.32 Å². The first-order valence-corrected chi connectivity index (χ1v) is 4.58. The first-order valence-electron chi connectivity index (χ1n) is 4.58. The van der Waals surface area contributed by atoms with Gasteiger partial charge in [0.2, 0.25) is 0 Å². The van der Waals surface area contributed by atoms with Crippen molar-refractivity contribution in [2.45, 2.75) is 52.5 Å². The summed E-state index contributed by atoms with van der Waals surface area (Å²) < 4.78 is 0. The second kappa shape index (κ2) is 4.73. The maximum Gasteiger partial charge on any atom is 0.0188 e. The van der Waals surface area contributed by atoms with Crippen LogP contribution in [0.3, 0.4) is 0 Å². The molecule has 0 bridgehead atoms. The van der Waals surface area contributed by atoms with Gasteiger partial charge in [-0.1, -0.05) is 27.7 Å². The minimum atomic E-state index is 0.556. The molecule has 0 saturated carbocycles. The molecule has 0 spiro atoms. The molecule has 10 heavy (non-hydrogen) atoms. The highest BCUT2D eigenvalue weighted by Gasteiger charge is 2.31. The quantitative estimate of drug-likeness (QED) is 0.626. The van der Waals surface area contributed by atoms with Crippen LogP contribution in [0.2, 0.25) is 0 Å². The summed E-state index contributed by atoms with van der Waals surface area (Å²) in [5.41, 5.74) is 0.556. The van der Waals surface area contributed by atoms with E-state index in [1.807, 2.05) is 13.8 Å². The zero-order chi connectivity index (χ0) is 8.04. The molecule has 0 radical (unpaired) electrons. The highest BCUT2D eigenvalue weighted by Crippen LogP contribution is 2.25. The highest BCUT2D eigenvalue weighted by molar-refractivity contribution is 4.93. The Morgan fingerprint density at radius 2 is 1.60 bits per heavy atom.